The number of hydrogen-bond donors (Lipinski definition) is 0. The molecule has 12 rings (SSSR count). The second-order valence-electron chi connectivity index (χ2n) is 21.5. The summed E-state index contributed by atoms with van der Waals surface area (Å²) in [5.41, 5.74) is 15.5. The minimum absolute atomic E-state index is 0.0354. The zero-order valence-electron chi connectivity index (χ0n) is 49.9. The monoisotopic (exact) mass is 1130 g/mol. The maximum Gasteiger partial charge on any atom is 0.203 e. The minimum atomic E-state index is 0.0354. The largest absolute Gasteiger partial charge is 0.497 e. The third-order valence-electron chi connectivity index (χ3n) is 16.2. The molecule has 0 bridgehead atoms. The molecule has 4 aliphatic rings. The number of ether oxygens (including phenoxy) is 8. The molecular formula is C72H72O12. The fourth-order valence-electron chi connectivity index (χ4n) is 11.9. The molecule has 0 aliphatic heterocycles. The number of benzene rings is 8. The molecule has 84 heavy (non-hydrogen) atoms. The lowest BCUT2D eigenvalue weighted by Gasteiger charge is -2.15. The first-order valence-corrected chi connectivity index (χ1v) is 28.2. The van der Waals surface area contributed by atoms with Gasteiger partial charge in [-0.3, -0.25) is 19.2 Å². The van der Waals surface area contributed by atoms with Crippen LogP contribution in [0.2, 0.25) is 0 Å². The Bertz CT molecular complexity index is 3750. The topological polar surface area (TPSA) is 142 Å². The van der Waals surface area contributed by atoms with Crippen LogP contribution >= 0.6 is 0 Å². The highest BCUT2D eigenvalue weighted by Crippen LogP contribution is 2.45. The molecule has 12 nitrogen and oxygen atoms in total. The summed E-state index contributed by atoms with van der Waals surface area (Å²) in [4.78, 5) is 49.8. The minimum Gasteiger partial charge on any atom is -0.497 e. The number of fused-ring (bicyclic) bond motifs is 4. The van der Waals surface area contributed by atoms with Crippen molar-refractivity contribution < 1.29 is 57.1 Å². The fraction of sp³-hybridized carbons (Fsp3) is 0.278. The van der Waals surface area contributed by atoms with Gasteiger partial charge in [0.05, 0.1) is 56.9 Å². The highest BCUT2D eigenvalue weighted by atomic mass is 16.5. The van der Waals surface area contributed by atoms with Crippen LogP contribution in [0.5, 0.6) is 46.0 Å². The summed E-state index contributed by atoms with van der Waals surface area (Å²) in [6.45, 7) is 7.94. The van der Waals surface area contributed by atoms with Gasteiger partial charge in [0, 0.05) is 69.2 Å². The van der Waals surface area contributed by atoms with E-state index >= 15 is 0 Å². The Morgan fingerprint density at radius 2 is 0.631 bits per heavy atom. The molecule has 0 heterocycles. The van der Waals surface area contributed by atoms with Crippen molar-refractivity contribution in [1.29, 1.82) is 0 Å². The smallest absolute Gasteiger partial charge is 0.203 e. The SMILES string of the molecule is COc1cc(-c2cccc3c2C(=O)C(C)C3)cc(OC)c1OC.COc1cc(OC)cc(-c2cccc3c2C(=O)C(C)C3)c1.COc1ccc(-c2cccc3c2C(=O)C(C)C3)c(OC)c1.COc1ccccc1-c1cccc2c1C(=O)C(C)C2. The van der Waals surface area contributed by atoms with E-state index in [1.165, 1.54) is 0 Å². The molecule has 0 spiro atoms. The van der Waals surface area contributed by atoms with Crippen molar-refractivity contribution in [2.75, 3.05) is 56.9 Å². The first-order valence-electron chi connectivity index (χ1n) is 28.2. The number of ketones is 4. The molecule has 0 saturated heterocycles. The molecule has 12 heteroatoms. The van der Waals surface area contributed by atoms with Crippen LogP contribution in [-0.4, -0.2) is 80.0 Å². The van der Waals surface area contributed by atoms with Crippen molar-refractivity contribution in [2.24, 2.45) is 23.7 Å². The summed E-state index contributed by atoms with van der Waals surface area (Å²) < 4.78 is 43.0. The maximum atomic E-state index is 12.5. The number of carbonyl (C=O) groups is 4. The molecule has 4 atom stereocenters. The molecule has 0 N–H and O–H groups in total. The standard InChI is InChI=1S/C19H20O4.2C18H18O3.C17H16O2/c1-11-8-12-6-5-7-14(17(12)18(11)20)13-9-15(21-2)19(23-4)16(10-13)22-3;1-11-7-12-5-4-6-16(17(12)18(11)19)13-8-14(20-2)10-15(9-13)21-3;1-11-9-12-5-4-6-15(17(12)18(11)19)14-8-7-13(20-2)10-16(14)21-3;1-11-10-12-6-5-8-14(16(12)17(11)18)13-7-3-4-9-15(13)19-2/h5-7,9-11H,8H2,1-4H3;4-6,8-11H,7H2,1-3H3;4-8,10-11H,9H2,1-3H3;3-9,11H,10H2,1-2H3. The van der Waals surface area contributed by atoms with Crippen molar-refractivity contribution in [3.05, 3.63) is 190 Å². The lowest BCUT2D eigenvalue weighted by Crippen LogP contribution is -2.04. The van der Waals surface area contributed by atoms with E-state index in [0.29, 0.717) is 17.2 Å². The van der Waals surface area contributed by atoms with Crippen molar-refractivity contribution >= 4 is 23.1 Å². The van der Waals surface area contributed by atoms with Gasteiger partial charge < -0.3 is 37.9 Å². The average molecular weight is 1130 g/mol. The lowest BCUT2D eigenvalue weighted by atomic mass is 9.95. The third kappa shape index (κ3) is 11.8. The fourth-order valence-corrected chi connectivity index (χ4v) is 11.9. The van der Waals surface area contributed by atoms with E-state index in [9.17, 15) is 19.2 Å². The second-order valence-corrected chi connectivity index (χ2v) is 21.5. The summed E-state index contributed by atoms with van der Waals surface area (Å²) in [5, 5.41) is 0. The predicted octanol–water partition coefficient (Wildman–Crippen LogP) is 15.0. The van der Waals surface area contributed by atoms with Crippen LogP contribution in [0.1, 0.15) is 91.4 Å². The van der Waals surface area contributed by atoms with E-state index in [0.717, 1.165) is 143 Å². The Morgan fingerprint density at radius 1 is 0.286 bits per heavy atom. The number of Topliss-reactive ketones (excluding diaryl/α,β-unsaturated/α-hetero) is 4. The van der Waals surface area contributed by atoms with Crippen molar-refractivity contribution in [1.82, 2.24) is 0 Å². The number of carbonyl (C=O) groups excluding carboxylic acids is 4. The summed E-state index contributed by atoms with van der Waals surface area (Å²) in [5.74, 6) is 6.56. The predicted molar refractivity (Wildman–Crippen MR) is 329 cm³/mol. The summed E-state index contributed by atoms with van der Waals surface area (Å²) >= 11 is 0. The van der Waals surface area contributed by atoms with Gasteiger partial charge in [-0.15, -0.1) is 0 Å². The van der Waals surface area contributed by atoms with E-state index in [2.05, 4.69) is 6.07 Å². The highest BCUT2D eigenvalue weighted by molar-refractivity contribution is 6.10. The Labute approximate surface area is 492 Å². The van der Waals surface area contributed by atoms with Gasteiger partial charge in [-0.2, -0.15) is 0 Å². The Morgan fingerprint density at radius 3 is 1.01 bits per heavy atom. The highest BCUT2D eigenvalue weighted by Gasteiger charge is 2.34. The van der Waals surface area contributed by atoms with Gasteiger partial charge in [0.2, 0.25) is 5.75 Å². The molecule has 0 aromatic heterocycles. The van der Waals surface area contributed by atoms with Crippen LogP contribution in [0, 0.1) is 23.7 Å². The summed E-state index contributed by atoms with van der Waals surface area (Å²) in [6.07, 6.45) is 3.28. The van der Waals surface area contributed by atoms with Crippen molar-refractivity contribution in [2.45, 2.75) is 53.4 Å². The molecule has 4 aliphatic carbocycles. The zero-order chi connectivity index (χ0) is 59.9. The number of hydrogen-bond acceptors (Lipinski definition) is 12. The lowest BCUT2D eigenvalue weighted by molar-refractivity contribution is 0.0939. The van der Waals surface area contributed by atoms with Gasteiger partial charge >= 0.3 is 0 Å². The number of methoxy groups -OCH3 is 8. The van der Waals surface area contributed by atoms with Crippen molar-refractivity contribution in [3.63, 3.8) is 0 Å². The van der Waals surface area contributed by atoms with E-state index in [-0.39, 0.29) is 46.8 Å². The quantitative estimate of drug-likeness (QED) is 0.115. The second kappa shape index (κ2) is 26.0. The molecule has 8 aromatic carbocycles. The summed E-state index contributed by atoms with van der Waals surface area (Å²) in [7, 11) is 12.9. The summed E-state index contributed by atoms with van der Waals surface area (Å²) in [6, 6.07) is 47.1. The van der Waals surface area contributed by atoms with Gasteiger partial charge in [0.15, 0.2) is 34.6 Å². The number of para-hydroxylation sites is 1. The first-order chi connectivity index (χ1) is 40.6. The molecule has 0 amide bonds. The molecule has 0 fully saturated rings. The van der Waals surface area contributed by atoms with Gasteiger partial charge in [-0.1, -0.05) is 119 Å². The van der Waals surface area contributed by atoms with Crippen molar-refractivity contribution in [3.8, 4) is 90.5 Å². The Hall–Kier alpha value is -9.16. The van der Waals surface area contributed by atoms with E-state index in [1.807, 2.05) is 167 Å². The van der Waals surface area contributed by atoms with Gasteiger partial charge in [-0.25, -0.2) is 0 Å². The first kappa shape index (κ1) is 59.5. The average Bonchev–Trinajstić information content (AvgIpc) is 2.36. The zero-order valence-corrected chi connectivity index (χ0v) is 49.9. The van der Waals surface area contributed by atoms with Crippen LogP contribution in [0.25, 0.3) is 44.5 Å². The van der Waals surface area contributed by atoms with E-state index in [4.69, 9.17) is 37.9 Å². The molecule has 8 aromatic rings. The van der Waals surface area contributed by atoms with Gasteiger partial charge in [-0.05, 0) is 124 Å². The van der Waals surface area contributed by atoms with E-state index < -0.39 is 0 Å². The Balaban J connectivity index is 0.000000135. The third-order valence-corrected chi connectivity index (χ3v) is 16.2. The normalized spacial score (nSPS) is 16.7. The maximum absolute atomic E-state index is 12.5. The number of rotatable bonds is 12. The molecule has 432 valence electrons. The van der Waals surface area contributed by atoms with Crippen LogP contribution in [0.4, 0.5) is 0 Å². The van der Waals surface area contributed by atoms with Crippen LogP contribution in [0.3, 0.4) is 0 Å². The van der Waals surface area contributed by atoms with Crippen LogP contribution in [0.15, 0.2) is 146 Å². The van der Waals surface area contributed by atoms with Gasteiger partial charge in [0.1, 0.15) is 28.7 Å². The molecule has 0 radical (unpaired) electrons. The molecular weight excluding hydrogens is 1060 g/mol. The Kier molecular flexibility index (Phi) is 18.4. The molecule has 4 unspecified atom stereocenters. The van der Waals surface area contributed by atoms with Gasteiger partial charge in [0.25, 0.3) is 0 Å². The van der Waals surface area contributed by atoms with E-state index in [1.54, 1.807) is 56.9 Å². The van der Waals surface area contributed by atoms with Crippen LogP contribution < -0.4 is 37.9 Å². The molecule has 0 saturated carbocycles. The van der Waals surface area contributed by atoms with Crippen LogP contribution in [-0.2, 0) is 25.7 Å².